The average Bonchev–Trinajstić information content (AvgIpc) is 3.30. The highest BCUT2D eigenvalue weighted by molar-refractivity contribution is 5.88. The molecule has 12 nitrogen and oxygen atoms in total. The van der Waals surface area contributed by atoms with Crippen molar-refractivity contribution in [2.45, 2.75) is 154 Å². The Hall–Kier alpha value is -3.25. The van der Waals surface area contributed by atoms with Crippen LogP contribution in [-0.2, 0) is 47.7 Å². The zero-order valence-corrected chi connectivity index (χ0v) is 28.3. The number of carbonyl (C=O) groups is 5. The van der Waals surface area contributed by atoms with Crippen molar-refractivity contribution in [2.24, 2.45) is 5.92 Å². The molecule has 3 rings (SSSR count). The molecule has 0 aromatic rings. The second kappa shape index (κ2) is 14.7. The third-order valence-electron chi connectivity index (χ3n) is 9.51. The second-order valence-corrected chi connectivity index (χ2v) is 13.1. The van der Waals surface area contributed by atoms with Gasteiger partial charge >= 0.3 is 29.8 Å². The van der Waals surface area contributed by atoms with Gasteiger partial charge in [0.1, 0.15) is 11.7 Å². The Balaban J connectivity index is 2.23. The summed E-state index contributed by atoms with van der Waals surface area (Å²) in [6, 6.07) is 0. The number of hydrogen-bond donors (Lipinski definition) is 2. The van der Waals surface area contributed by atoms with Crippen LogP contribution in [0.15, 0.2) is 22.8 Å². The van der Waals surface area contributed by atoms with Crippen molar-refractivity contribution in [3.63, 3.8) is 0 Å². The Labute approximate surface area is 270 Å². The zero-order chi connectivity index (χ0) is 34.6. The lowest BCUT2D eigenvalue weighted by Gasteiger charge is -2.41. The van der Waals surface area contributed by atoms with Crippen LogP contribution in [0.1, 0.15) is 113 Å². The number of hydrogen-bond acceptors (Lipinski definition) is 12. The minimum atomic E-state index is -2.57. The SMILES string of the molecule is C/C=C(/C)C(=O)O[C@@H]1C(C)=C2[C@H]3OC(=O)[C@](C)(O)[C@@]3(O)[C@@H](OC(=O)CCC)C[C@@](C)(OC(C)=O)[C@@H]2[C@H]1OC(=O)CCCCCCC. The maximum Gasteiger partial charge on any atom is 0.341 e. The molecule has 12 heteroatoms. The molecule has 46 heavy (non-hydrogen) atoms. The van der Waals surface area contributed by atoms with Gasteiger partial charge in [-0.25, -0.2) is 9.59 Å². The van der Waals surface area contributed by atoms with E-state index in [2.05, 4.69) is 6.92 Å². The van der Waals surface area contributed by atoms with Crippen molar-refractivity contribution in [3.8, 4) is 0 Å². The standard InChI is InChI=1S/C34H50O12/c1-9-12-13-14-15-17-24(37)43-28-26-25(20(5)27(28)44-30(38)19(4)11-3)29-34(41,33(8,40)31(39)45-29)22(42-23(36)16-10-2)18-32(26,7)46-21(6)35/h11,22,26-29,40-41H,9-10,12-18H2,1-8H3/b19-11-/t22-,26-,27+,28+,29+,32+,33-,34+/m0/s1. The molecule has 0 amide bonds. The van der Waals surface area contributed by atoms with Crippen molar-refractivity contribution in [1.82, 2.24) is 0 Å². The molecule has 1 saturated carbocycles. The first-order chi connectivity index (χ1) is 21.5. The fourth-order valence-corrected chi connectivity index (χ4v) is 6.90. The van der Waals surface area contributed by atoms with E-state index in [1.165, 1.54) is 13.8 Å². The molecule has 2 N–H and O–H groups in total. The van der Waals surface area contributed by atoms with Crippen LogP contribution < -0.4 is 0 Å². The van der Waals surface area contributed by atoms with Gasteiger partial charge in [0.05, 0.1) is 5.92 Å². The Kier molecular flexibility index (Phi) is 11.9. The smallest absolute Gasteiger partial charge is 0.341 e. The number of aliphatic hydroxyl groups is 2. The summed E-state index contributed by atoms with van der Waals surface area (Å²) in [6.45, 7) is 12.4. The van der Waals surface area contributed by atoms with Crippen LogP contribution in [0.2, 0.25) is 0 Å². The molecule has 3 aliphatic rings. The molecule has 258 valence electrons. The first-order valence-corrected chi connectivity index (χ1v) is 16.3. The molecule has 0 aromatic heterocycles. The number of fused-ring (bicyclic) bond motifs is 3. The average molecular weight is 651 g/mol. The number of ether oxygens (including phenoxy) is 5. The third-order valence-corrected chi connectivity index (χ3v) is 9.51. The van der Waals surface area contributed by atoms with E-state index in [9.17, 15) is 34.2 Å². The van der Waals surface area contributed by atoms with E-state index >= 15 is 0 Å². The van der Waals surface area contributed by atoms with Crippen molar-refractivity contribution in [1.29, 1.82) is 0 Å². The van der Waals surface area contributed by atoms with Gasteiger partial charge in [0, 0.05) is 31.8 Å². The highest BCUT2D eigenvalue weighted by Gasteiger charge is 2.76. The van der Waals surface area contributed by atoms with Crippen LogP contribution in [0.4, 0.5) is 0 Å². The van der Waals surface area contributed by atoms with Crippen LogP contribution in [0.3, 0.4) is 0 Å². The predicted molar refractivity (Wildman–Crippen MR) is 164 cm³/mol. The normalized spacial score (nSPS) is 33.8. The molecule has 0 spiro atoms. The lowest BCUT2D eigenvalue weighted by Crippen LogP contribution is -2.64. The van der Waals surface area contributed by atoms with Crippen LogP contribution >= 0.6 is 0 Å². The quantitative estimate of drug-likeness (QED) is 0.0969. The monoisotopic (exact) mass is 650 g/mol. The molecule has 8 atom stereocenters. The Bertz CT molecular complexity index is 1260. The Morgan fingerprint density at radius 1 is 0.935 bits per heavy atom. The Morgan fingerprint density at radius 3 is 2.15 bits per heavy atom. The van der Waals surface area contributed by atoms with Gasteiger partial charge in [0.25, 0.3) is 0 Å². The lowest BCUT2D eigenvalue weighted by molar-refractivity contribution is -0.212. The molecular weight excluding hydrogens is 600 g/mol. The minimum absolute atomic E-state index is 0.0234. The number of rotatable bonds is 13. The number of esters is 5. The molecule has 1 aliphatic heterocycles. The van der Waals surface area contributed by atoms with E-state index in [1.807, 2.05) is 0 Å². The second-order valence-electron chi connectivity index (χ2n) is 13.1. The summed E-state index contributed by atoms with van der Waals surface area (Å²) < 4.78 is 29.3. The first kappa shape index (κ1) is 37.2. The van der Waals surface area contributed by atoms with Crippen LogP contribution in [0.25, 0.3) is 0 Å². The molecule has 0 bridgehead atoms. The van der Waals surface area contributed by atoms with Crippen LogP contribution in [0.5, 0.6) is 0 Å². The van der Waals surface area contributed by atoms with Gasteiger partial charge in [-0.3, -0.25) is 14.4 Å². The lowest BCUT2D eigenvalue weighted by atomic mass is 9.75. The maximum atomic E-state index is 13.3. The van der Waals surface area contributed by atoms with Crippen LogP contribution in [0, 0.1) is 5.92 Å². The van der Waals surface area contributed by atoms with Crippen LogP contribution in [-0.4, -0.2) is 81.3 Å². The van der Waals surface area contributed by atoms with Gasteiger partial charge < -0.3 is 33.9 Å². The van der Waals surface area contributed by atoms with E-state index < -0.39 is 83.4 Å². The van der Waals surface area contributed by atoms with Crippen molar-refractivity contribution in [2.75, 3.05) is 0 Å². The Morgan fingerprint density at radius 2 is 1.57 bits per heavy atom. The summed E-state index contributed by atoms with van der Waals surface area (Å²) >= 11 is 0. The number of allylic oxidation sites excluding steroid dienone is 1. The highest BCUT2D eigenvalue weighted by Crippen LogP contribution is 2.57. The van der Waals surface area contributed by atoms with E-state index in [0.717, 1.165) is 32.6 Å². The molecule has 0 radical (unpaired) electrons. The van der Waals surface area contributed by atoms with Crippen molar-refractivity contribution < 1.29 is 57.9 Å². The summed E-state index contributed by atoms with van der Waals surface area (Å²) in [7, 11) is 0. The molecule has 1 heterocycles. The highest BCUT2D eigenvalue weighted by atomic mass is 16.6. The summed E-state index contributed by atoms with van der Waals surface area (Å²) in [5.41, 5.74) is -6.12. The van der Waals surface area contributed by atoms with Crippen molar-refractivity contribution in [3.05, 3.63) is 22.8 Å². The number of unbranched alkanes of at least 4 members (excludes halogenated alkanes) is 4. The van der Waals surface area contributed by atoms with Gasteiger partial charge in [-0.15, -0.1) is 0 Å². The summed E-state index contributed by atoms with van der Waals surface area (Å²) in [5, 5.41) is 23.9. The largest absolute Gasteiger partial charge is 0.459 e. The van der Waals surface area contributed by atoms with E-state index in [-0.39, 0.29) is 29.6 Å². The first-order valence-electron chi connectivity index (χ1n) is 16.3. The van der Waals surface area contributed by atoms with Gasteiger partial charge in [-0.1, -0.05) is 45.6 Å². The van der Waals surface area contributed by atoms with Gasteiger partial charge in [-0.2, -0.15) is 0 Å². The maximum absolute atomic E-state index is 13.3. The molecular formula is C34H50O12. The fourth-order valence-electron chi connectivity index (χ4n) is 6.90. The number of carbonyl (C=O) groups excluding carboxylic acids is 5. The fraction of sp³-hybridized carbons (Fsp3) is 0.735. The molecule has 0 aromatic carbocycles. The predicted octanol–water partition coefficient (Wildman–Crippen LogP) is 3.93. The summed E-state index contributed by atoms with van der Waals surface area (Å²) in [5.74, 6) is -5.03. The summed E-state index contributed by atoms with van der Waals surface area (Å²) in [6.07, 6.45) is 0.272. The van der Waals surface area contributed by atoms with Crippen molar-refractivity contribution >= 4 is 29.8 Å². The van der Waals surface area contributed by atoms with Gasteiger partial charge in [-0.05, 0) is 58.6 Å². The van der Waals surface area contributed by atoms with E-state index in [4.69, 9.17) is 23.7 Å². The minimum Gasteiger partial charge on any atom is -0.459 e. The molecule has 0 unspecified atom stereocenters. The van der Waals surface area contributed by atoms with Gasteiger partial charge in [0.15, 0.2) is 29.5 Å². The van der Waals surface area contributed by atoms with E-state index in [0.29, 0.717) is 12.8 Å². The molecule has 1 saturated heterocycles. The molecule has 2 aliphatic carbocycles. The topological polar surface area (TPSA) is 172 Å². The molecule has 2 fully saturated rings. The van der Waals surface area contributed by atoms with E-state index in [1.54, 1.807) is 33.8 Å². The zero-order valence-electron chi connectivity index (χ0n) is 28.3. The third kappa shape index (κ3) is 7.02. The summed E-state index contributed by atoms with van der Waals surface area (Å²) in [4.78, 5) is 65.1. The van der Waals surface area contributed by atoms with Gasteiger partial charge in [0.2, 0.25) is 0 Å².